The number of carbonyl (C=O) groups is 1. The van der Waals surface area contributed by atoms with Crippen LogP contribution in [0, 0.1) is 0 Å². The van der Waals surface area contributed by atoms with Crippen LogP contribution in [0.3, 0.4) is 0 Å². The van der Waals surface area contributed by atoms with Gasteiger partial charge >= 0.3 is 6.09 Å². The molecule has 0 unspecified atom stereocenters. The van der Waals surface area contributed by atoms with Crippen molar-refractivity contribution in [1.82, 2.24) is 4.90 Å². The number of hydrogen-bond donors (Lipinski definition) is 1. The lowest BCUT2D eigenvalue weighted by molar-refractivity contribution is -0.243. The zero-order chi connectivity index (χ0) is 30.5. The SMILES string of the molecule is CCCCCCCCCCCCO[C@H]1O[C@H]([C@@H](CN2CCOCC2)OC(=O)Nc2ccc(OC)cc2)[C@@H]2OC(C)(C)O[C@H]12. The van der Waals surface area contributed by atoms with E-state index in [4.69, 9.17) is 33.2 Å². The quantitative estimate of drug-likeness (QED) is 0.198. The van der Waals surface area contributed by atoms with Crippen molar-refractivity contribution >= 4 is 11.8 Å². The summed E-state index contributed by atoms with van der Waals surface area (Å²) >= 11 is 0. The first-order chi connectivity index (χ1) is 20.9. The molecule has 1 amide bonds. The fraction of sp³-hybridized carbons (Fsp3) is 0.788. The molecule has 244 valence electrons. The number of amides is 1. The van der Waals surface area contributed by atoms with Crippen molar-refractivity contribution in [1.29, 1.82) is 0 Å². The molecule has 0 radical (unpaired) electrons. The molecule has 43 heavy (non-hydrogen) atoms. The first-order valence-electron chi connectivity index (χ1n) is 16.4. The average Bonchev–Trinajstić information content (AvgIpc) is 3.49. The highest BCUT2D eigenvalue weighted by Crippen LogP contribution is 2.41. The maximum absolute atomic E-state index is 13.1. The number of benzene rings is 1. The van der Waals surface area contributed by atoms with E-state index >= 15 is 0 Å². The van der Waals surface area contributed by atoms with Crippen LogP contribution < -0.4 is 10.1 Å². The first-order valence-corrected chi connectivity index (χ1v) is 16.4. The highest BCUT2D eigenvalue weighted by atomic mass is 16.8. The van der Waals surface area contributed by atoms with Gasteiger partial charge < -0.3 is 33.2 Å². The third-order valence-corrected chi connectivity index (χ3v) is 8.33. The Morgan fingerprint density at radius 3 is 2.23 bits per heavy atom. The van der Waals surface area contributed by atoms with Crippen molar-refractivity contribution in [3.8, 4) is 5.75 Å². The molecular weight excluding hydrogens is 552 g/mol. The second-order valence-corrected chi connectivity index (χ2v) is 12.3. The number of nitrogens with zero attached hydrogens (tertiary/aromatic N) is 1. The molecule has 0 saturated carbocycles. The number of rotatable bonds is 18. The van der Waals surface area contributed by atoms with Gasteiger partial charge in [-0.2, -0.15) is 0 Å². The Kier molecular flexibility index (Phi) is 13.8. The molecule has 1 aromatic rings. The number of unbranched alkanes of at least 4 members (excludes halogenated alkanes) is 9. The molecule has 10 heteroatoms. The third kappa shape index (κ3) is 10.9. The largest absolute Gasteiger partial charge is 0.497 e. The lowest BCUT2D eigenvalue weighted by atomic mass is 10.0. The summed E-state index contributed by atoms with van der Waals surface area (Å²) in [5.74, 6) is -0.0790. The van der Waals surface area contributed by atoms with E-state index in [0.717, 1.165) is 25.9 Å². The second-order valence-electron chi connectivity index (χ2n) is 12.3. The van der Waals surface area contributed by atoms with Crippen LogP contribution in [0.15, 0.2) is 24.3 Å². The van der Waals surface area contributed by atoms with Crippen LogP contribution in [0.1, 0.15) is 85.0 Å². The number of anilines is 1. The Balaban J connectivity index is 1.31. The Hall–Kier alpha value is -1.95. The molecule has 0 spiro atoms. The smallest absolute Gasteiger partial charge is 0.412 e. The first kappa shape index (κ1) is 33.9. The molecular formula is C33H54N2O8. The van der Waals surface area contributed by atoms with Gasteiger partial charge in [-0.05, 0) is 44.5 Å². The molecule has 5 atom stereocenters. The van der Waals surface area contributed by atoms with Gasteiger partial charge in [0.25, 0.3) is 0 Å². The molecule has 3 aliphatic rings. The van der Waals surface area contributed by atoms with Crippen molar-refractivity contribution < 1.29 is 38.0 Å². The molecule has 0 bridgehead atoms. The van der Waals surface area contributed by atoms with Crippen LogP contribution in [0.4, 0.5) is 10.5 Å². The molecule has 0 aliphatic carbocycles. The van der Waals surface area contributed by atoms with Gasteiger partial charge in [0.05, 0.1) is 20.3 Å². The van der Waals surface area contributed by atoms with E-state index in [1.165, 1.54) is 51.4 Å². The van der Waals surface area contributed by atoms with Gasteiger partial charge in [0.15, 0.2) is 12.1 Å². The number of hydrogen-bond acceptors (Lipinski definition) is 9. The lowest BCUT2D eigenvalue weighted by Gasteiger charge is -2.34. The molecule has 3 fully saturated rings. The monoisotopic (exact) mass is 606 g/mol. The summed E-state index contributed by atoms with van der Waals surface area (Å²) in [6.07, 6.45) is 9.52. The zero-order valence-electron chi connectivity index (χ0n) is 26.7. The van der Waals surface area contributed by atoms with E-state index in [1.807, 2.05) is 13.8 Å². The standard InChI is InChI=1S/C33H54N2O8/c1-5-6-7-8-9-10-11-12-13-14-21-39-31-30-29(42-33(2,3)43-30)28(41-31)27(24-35-19-22-38-23-20-35)40-32(36)34-25-15-17-26(37-4)18-16-25/h15-18,27-31H,5-14,19-24H2,1-4H3,(H,34,36)/t27-,28-,29+,30+,31+/m1/s1. The molecule has 0 aromatic heterocycles. The number of ether oxygens (including phenoxy) is 7. The summed E-state index contributed by atoms with van der Waals surface area (Å²) in [7, 11) is 1.60. The van der Waals surface area contributed by atoms with Gasteiger partial charge in [0.1, 0.15) is 30.2 Å². The molecule has 1 aromatic carbocycles. The van der Waals surface area contributed by atoms with Crippen LogP contribution in [0.2, 0.25) is 0 Å². The van der Waals surface area contributed by atoms with Crippen molar-refractivity contribution in [2.75, 3.05) is 51.9 Å². The van der Waals surface area contributed by atoms with E-state index < -0.39 is 42.6 Å². The fourth-order valence-electron chi connectivity index (χ4n) is 6.02. The predicted octanol–water partition coefficient (Wildman–Crippen LogP) is 6.13. The van der Waals surface area contributed by atoms with Crippen LogP contribution >= 0.6 is 0 Å². The third-order valence-electron chi connectivity index (χ3n) is 8.33. The molecule has 4 rings (SSSR count). The zero-order valence-corrected chi connectivity index (χ0v) is 26.7. The number of methoxy groups -OCH3 is 1. The topological polar surface area (TPSA) is 97.0 Å². The van der Waals surface area contributed by atoms with Gasteiger partial charge in [-0.25, -0.2) is 4.79 Å². The average molecular weight is 607 g/mol. The van der Waals surface area contributed by atoms with E-state index in [-0.39, 0.29) is 0 Å². The van der Waals surface area contributed by atoms with Crippen molar-refractivity contribution in [3.63, 3.8) is 0 Å². The minimum Gasteiger partial charge on any atom is -0.497 e. The number of morpholine rings is 1. The van der Waals surface area contributed by atoms with Gasteiger partial charge in [-0.15, -0.1) is 0 Å². The maximum Gasteiger partial charge on any atom is 0.412 e. The molecule has 10 nitrogen and oxygen atoms in total. The van der Waals surface area contributed by atoms with Crippen LogP contribution in [0.5, 0.6) is 5.75 Å². The van der Waals surface area contributed by atoms with Crippen molar-refractivity contribution in [3.05, 3.63) is 24.3 Å². The van der Waals surface area contributed by atoms with Gasteiger partial charge in [0, 0.05) is 31.9 Å². The predicted molar refractivity (Wildman–Crippen MR) is 164 cm³/mol. The van der Waals surface area contributed by atoms with Crippen molar-refractivity contribution in [2.45, 2.75) is 121 Å². The summed E-state index contributed by atoms with van der Waals surface area (Å²) in [6, 6.07) is 7.11. The Labute approximate surface area is 258 Å². The van der Waals surface area contributed by atoms with Crippen molar-refractivity contribution in [2.24, 2.45) is 0 Å². The van der Waals surface area contributed by atoms with E-state index in [2.05, 4.69) is 17.1 Å². The Morgan fingerprint density at radius 2 is 1.58 bits per heavy atom. The summed E-state index contributed by atoms with van der Waals surface area (Å²) < 4.78 is 42.1. The highest BCUT2D eigenvalue weighted by molar-refractivity contribution is 5.84. The summed E-state index contributed by atoms with van der Waals surface area (Å²) in [4.78, 5) is 15.3. The van der Waals surface area contributed by atoms with Gasteiger partial charge in [0.2, 0.25) is 0 Å². The van der Waals surface area contributed by atoms with Crippen LogP contribution in [0.25, 0.3) is 0 Å². The highest BCUT2D eigenvalue weighted by Gasteiger charge is 2.58. The summed E-state index contributed by atoms with van der Waals surface area (Å²) in [6.45, 7) is 9.92. The minimum absolute atomic E-state index is 0.399. The number of nitrogens with one attached hydrogen (secondary N) is 1. The molecule has 3 aliphatic heterocycles. The number of carbonyl (C=O) groups excluding carboxylic acids is 1. The summed E-state index contributed by atoms with van der Waals surface area (Å²) in [5, 5.41) is 2.83. The Bertz CT molecular complexity index is 939. The number of fused-ring (bicyclic) bond motifs is 1. The fourth-order valence-corrected chi connectivity index (χ4v) is 6.02. The van der Waals surface area contributed by atoms with E-state index in [0.29, 0.717) is 37.8 Å². The van der Waals surface area contributed by atoms with Crippen LogP contribution in [-0.4, -0.2) is 94.1 Å². The normalized spacial score (nSPS) is 25.8. The molecule has 3 heterocycles. The molecule has 1 N–H and O–H groups in total. The lowest BCUT2D eigenvalue weighted by Crippen LogP contribution is -2.50. The van der Waals surface area contributed by atoms with E-state index in [9.17, 15) is 4.79 Å². The van der Waals surface area contributed by atoms with Gasteiger partial charge in [-0.1, -0.05) is 64.7 Å². The Morgan fingerprint density at radius 1 is 0.953 bits per heavy atom. The van der Waals surface area contributed by atoms with Crippen LogP contribution in [-0.2, 0) is 28.4 Å². The van der Waals surface area contributed by atoms with E-state index in [1.54, 1.807) is 31.4 Å². The second kappa shape index (κ2) is 17.5. The minimum atomic E-state index is -0.787. The maximum atomic E-state index is 13.1. The van der Waals surface area contributed by atoms with Gasteiger partial charge in [-0.3, -0.25) is 10.2 Å². The summed E-state index contributed by atoms with van der Waals surface area (Å²) in [5.41, 5.74) is 0.612. The molecule has 3 saturated heterocycles.